The van der Waals surface area contributed by atoms with E-state index in [0.29, 0.717) is 10.0 Å². The fraction of sp³-hybridized carbons (Fsp3) is 0.263. The Morgan fingerprint density at radius 2 is 1.79 bits per heavy atom. The first kappa shape index (κ1) is 20.1. The molecule has 0 spiro atoms. The summed E-state index contributed by atoms with van der Waals surface area (Å²) < 4.78 is 32.6. The third kappa shape index (κ3) is 4.09. The molecular formula is C19H18ClN3O4S2. The topological polar surface area (TPSA) is 83.7 Å². The molecule has 0 N–H and O–H groups in total. The van der Waals surface area contributed by atoms with Crippen molar-refractivity contribution in [3.63, 3.8) is 0 Å². The lowest BCUT2D eigenvalue weighted by Crippen LogP contribution is -2.50. The zero-order valence-corrected chi connectivity index (χ0v) is 17.9. The third-order valence-electron chi connectivity index (χ3n) is 4.74. The maximum absolute atomic E-state index is 12.7. The van der Waals surface area contributed by atoms with Gasteiger partial charge in [-0.1, -0.05) is 46.6 Å². The Hall–Kier alpha value is -2.20. The van der Waals surface area contributed by atoms with Gasteiger partial charge in [0.15, 0.2) is 0 Å². The minimum atomic E-state index is -3.60. The Kier molecular flexibility index (Phi) is 5.48. The summed E-state index contributed by atoms with van der Waals surface area (Å²) in [6.07, 6.45) is 0. The Labute approximate surface area is 177 Å². The van der Waals surface area contributed by atoms with Crippen LogP contribution in [0, 0.1) is 6.92 Å². The summed E-state index contributed by atoms with van der Waals surface area (Å²) >= 11 is 6.88. The van der Waals surface area contributed by atoms with E-state index in [1.54, 1.807) is 17.0 Å². The summed E-state index contributed by atoms with van der Waals surface area (Å²) in [4.78, 5) is 14.3. The number of carbonyl (C=O) groups excluding carboxylic acids is 1. The van der Waals surface area contributed by atoms with Gasteiger partial charge in [0.1, 0.15) is 9.90 Å². The Morgan fingerprint density at radius 3 is 2.41 bits per heavy atom. The molecule has 0 unspecified atom stereocenters. The number of amides is 1. The van der Waals surface area contributed by atoms with Gasteiger partial charge in [-0.3, -0.25) is 4.79 Å². The highest BCUT2D eigenvalue weighted by molar-refractivity contribution is 7.91. The Balaban J connectivity index is 1.42. The first-order valence-corrected chi connectivity index (χ1v) is 11.6. The summed E-state index contributed by atoms with van der Waals surface area (Å²) in [5, 5.41) is 3.99. The molecule has 1 aromatic carbocycles. The number of benzene rings is 1. The van der Waals surface area contributed by atoms with Crippen LogP contribution in [-0.4, -0.2) is 54.9 Å². The number of aromatic nitrogens is 1. The summed E-state index contributed by atoms with van der Waals surface area (Å²) in [6.45, 7) is 2.97. The number of piperazine rings is 1. The molecule has 1 amide bonds. The van der Waals surface area contributed by atoms with Gasteiger partial charge in [0, 0.05) is 37.8 Å². The minimum absolute atomic E-state index is 0.141. The fourth-order valence-electron chi connectivity index (χ4n) is 3.09. The van der Waals surface area contributed by atoms with Crippen LogP contribution in [0.25, 0.3) is 11.3 Å². The van der Waals surface area contributed by atoms with Crippen molar-refractivity contribution in [1.29, 1.82) is 0 Å². The van der Waals surface area contributed by atoms with Crippen LogP contribution in [0.4, 0.5) is 0 Å². The highest BCUT2D eigenvalue weighted by atomic mass is 35.5. The predicted molar refractivity (Wildman–Crippen MR) is 111 cm³/mol. The quantitative estimate of drug-likeness (QED) is 0.606. The minimum Gasteiger partial charge on any atom is -0.350 e. The molecular weight excluding hydrogens is 434 g/mol. The van der Waals surface area contributed by atoms with Crippen molar-refractivity contribution in [3.05, 3.63) is 58.1 Å². The van der Waals surface area contributed by atoms with Crippen molar-refractivity contribution in [2.75, 3.05) is 26.2 Å². The predicted octanol–water partition coefficient (Wildman–Crippen LogP) is 3.51. The molecule has 0 aliphatic carbocycles. The van der Waals surface area contributed by atoms with Gasteiger partial charge < -0.3 is 9.42 Å². The summed E-state index contributed by atoms with van der Waals surface area (Å²) in [6, 6.07) is 12.4. The van der Waals surface area contributed by atoms with Gasteiger partial charge >= 0.3 is 0 Å². The van der Waals surface area contributed by atoms with Crippen molar-refractivity contribution in [2.45, 2.75) is 11.1 Å². The maximum atomic E-state index is 12.7. The highest BCUT2D eigenvalue weighted by Crippen LogP contribution is 2.29. The van der Waals surface area contributed by atoms with Gasteiger partial charge in [-0.15, -0.1) is 11.3 Å². The molecule has 0 atom stereocenters. The van der Waals surface area contributed by atoms with Crippen molar-refractivity contribution >= 4 is 38.9 Å². The van der Waals surface area contributed by atoms with Crippen LogP contribution in [-0.2, 0) is 10.0 Å². The summed E-state index contributed by atoms with van der Waals surface area (Å²) in [5.41, 5.74) is 2.58. The van der Waals surface area contributed by atoms with Crippen LogP contribution in [0.3, 0.4) is 0 Å². The molecule has 1 aliphatic heterocycles. The van der Waals surface area contributed by atoms with Crippen LogP contribution in [0.2, 0.25) is 4.34 Å². The van der Waals surface area contributed by atoms with E-state index in [1.165, 1.54) is 10.4 Å². The number of rotatable bonds is 4. The molecule has 1 saturated heterocycles. The second kappa shape index (κ2) is 7.91. The molecule has 2 aromatic heterocycles. The van der Waals surface area contributed by atoms with Crippen LogP contribution in [0.1, 0.15) is 16.1 Å². The Morgan fingerprint density at radius 1 is 1.10 bits per heavy atom. The molecule has 3 heterocycles. The van der Waals surface area contributed by atoms with Crippen LogP contribution < -0.4 is 0 Å². The maximum Gasteiger partial charge on any atom is 0.292 e. The molecule has 0 radical (unpaired) electrons. The number of aryl methyl sites for hydroxylation is 1. The van der Waals surface area contributed by atoms with Crippen molar-refractivity contribution in [2.24, 2.45) is 0 Å². The smallest absolute Gasteiger partial charge is 0.292 e. The van der Waals surface area contributed by atoms with Crippen molar-refractivity contribution in [1.82, 2.24) is 14.4 Å². The lowest BCUT2D eigenvalue weighted by Gasteiger charge is -2.33. The fourth-order valence-corrected chi connectivity index (χ4v) is 6.15. The van der Waals surface area contributed by atoms with Gasteiger partial charge in [0.05, 0.1) is 4.34 Å². The van der Waals surface area contributed by atoms with E-state index in [2.05, 4.69) is 5.16 Å². The molecule has 4 rings (SSSR count). The third-order valence-corrected chi connectivity index (χ3v) is 8.33. The van der Waals surface area contributed by atoms with Gasteiger partial charge in [-0.2, -0.15) is 4.31 Å². The van der Waals surface area contributed by atoms with Crippen LogP contribution in [0.15, 0.2) is 51.2 Å². The average molecular weight is 452 g/mol. The van der Waals surface area contributed by atoms with E-state index in [0.717, 1.165) is 22.5 Å². The number of thiophene rings is 1. The number of hydrogen-bond donors (Lipinski definition) is 0. The van der Waals surface area contributed by atoms with E-state index in [9.17, 15) is 13.2 Å². The molecule has 29 heavy (non-hydrogen) atoms. The highest BCUT2D eigenvalue weighted by Gasteiger charge is 2.32. The number of hydrogen-bond acceptors (Lipinski definition) is 6. The number of halogens is 1. The molecule has 152 valence electrons. The average Bonchev–Trinajstić information content (AvgIpc) is 3.38. The second-order valence-corrected chi connectivity index (χ2v) is 10.6. The monoisotopic (exact) mass is 451 g/mol. The van der Waals surface area contributed by atoms with Gasteiger partial charge in [-0.05, 0) is 19.1 Å². The van der Waals surface area contributed by atoms with Gasteiger partial charge in [-0.25, -0.2) is 8.42 Å². The number of carbonyl (C=O) groups is 1. The summed E-state index contributed by atoms with van der Waals surface area (Å²) in [5.74, 6) is -0.158. The lowest BCUT2D eigenvalue weighted by atomic mass is 10.1. The van der Waals surface area contributed by atoms with Gasteiger partial charge in [0.2, 0.25) is 5.76 Å². The number of nitrogens with zero attached hydrogens (tertiary/aromatic N) is 3. The molecule has 1 fully saturated rings. The zero-order valence-electron chi connectivity index (χ0n) is 15.5. The SMILES string of the molecule is Cc1ccc(-c2cc(C(=O)N3CCN(S(=O)(=O)c4ccc(Cl)s4)CC3)on2)cc1. The first-order valence-electron chi connectivity index (χ1n) is 8.93. The van der Waals surface area contributed by atoms with E-state index >= 15 is 0 Å². The molecule has 3 aromatic rings. The van der Waals surface area contributed by atoms with Gasteiger partial charge in [0.25, 0.3) is 15.9 Å². The van der Waals surface area contributed by atoms with E-state index < -0.39 is 10.0 Å². The first-order chi connectivity index (χ1) is 13.8. The molecule has 0 bridgehead atoms. The molecule has 0 saturated carbocycles. The van der Waals surface area contributed by atoms with Crippen molar-refractivity contribution in [3.8, 4) is 11.3 Å². The van der Waals surface area contributed by atoms with E-state index in [-0.39, 0.29) is 42.1 Å². The Bertz CT molecular complexity index is 1130. The molecule has 10 heteroatoms. The van der Waals surface area contributed by atoms with Crippen LogP contribution in [0.5, 0.6) is 0 Å². The van der Waals surface area contributed by atoms with E-state index in [4.69, 9.17) is 16.1 Å². The largest absolute Gasteiger partial charge is 0.350 e. The number of sulfonamides is 1. The van der Waals surface area contributed by atoms with E-state index in [1.807, 2.05) is 31.2 Å². The lowest BCUT2D eigenvalue weighted by molar-refractivity contribution is 0.0656. The molecule has 7 nitrogen and oxygen atoms in total. The normalized spacial score (nSPS) is 15.6. The summed E-state index contributed by atoms with van der Waals surface area (Å²) in [7, 11) is -3.60. The van der Waals surface area contributed by atoms with Crippen LogP contribution >= 0.6 is 22.9 Å². The van der Waals surface area contributed by atoms with Crippen molar-refractivity contribution < 1.29 is 17.7 Å². The standard InChI is InChI=1S/C19H18ClN3O4S2/c1-13-2-4-14(5-3-13)15-12-16(27-21-15)19(24)22-8-10-23(11-9-22)29(25,26)18-7-6-17(20)28-18/h2-7,12H,8-11H2,1H3. The molecule has 1 aliphatic rings. The second-order valence-electron chi connectivity index (χ2n) is 6.70. The zero-order chi connectivity index (χ0) is 20.6.